The molecule has 0 saturated carbocycles. The van der Waals surface area contributed by atoms with E-state index in [1.807, 2.05) is 48.5 Å². The van der Waals surface area contributed by atoms with Crippen LogP contribution in [0.2, 0.25) is 0 Å². The van der Waals surface area contributed by atoms with E-state index >= 15 is 0 Å². The van der Waals surface area contributed by atoms with Crippen molar-refractivity contribution < 1.29 is 18.6 Å². The van der Waals surface area contributed by atoms with Gasteiger partial charge in [-0.05, 0) is 54.9 Å². The highest BCUT2D eigenvalue weighted by Gasteiger charge is 2.57. The van der Waals surface area contributed by atoms with Crippen LogP contribution in [0.1, 0.15) is 61.8 Å². The number of rotatable bonds is 6. The Bertz CT molecular complexity index is 289. The van der Waals surface area contributed by atoms with Crippen molar-refractivity contribution in [3.05, 3.63) is 0 Å². The second-order valence-corrected chi connectivity index (χ2v) is 6.68. The Kier molecular flexibility index (Phi) is 5.16. The van der Waals surface area contributed by atoms with Gasteiger partial charge in [0, 0.05) is 12.2 Å². The first-order chi connectivity index (χ1) is 8.54. The van der Waals surface area contributed by atoms with Crippen LogP contribution in [0.5, 0.6) is 0 Å². The van der Waals surface area contributed by atoms with Crippen LogP contribution in [0, 0.1) is 0 Å². The van der Waals surface area contributed by atoms with E-state index in [9.17, 15) is 0 Å². The molecule has 4 nitrogen and oxygen atoms in total. The molecule has 0 unspecified atom stereocenters. The van der Waals surface area contributed by atoms with Gasteiger partial charge in [0.25, 0.3) is 0 Å². The standard InChI is InChI=1S/C13H28B2O4/c1-9-11(3,4)17-14(16-10-2)15-18-12(5,6)13(7,8)19-15/h9-10H2,1-8H3. The van der Waals surface area contributed by atoms with E-state index in [1.165, 1.54) is 0 Å². The smallest absolute Gasteiger partial charge is 0.414 e. The second kappa shape index (κ2) is 5.76. The Balaban J connectivity index is 2.79. The molecule has 0 radical (unpaired) electrons. The van der Waals surface area contributed by atoms with Crippen molar-refractivity contribution in [2.24, 2.45) is 0 Å². The fourth-order valence-corrected chi connectivity index (χ4v) is 1.73. The zero-order chi connectivity index (χ0) is 14.9. The van der Waals surface area contributed by atoms with Gasteiger partial charge < -0.3 is 18.6 Å². The summed E-state index contributed by atoms with van der Waals surface area (Å²) in [6.07, 6.45) is 0.899. The molecule has 110 valence electrons. The molecule has 1 aliphatic heterocycles. The molecule has 0 spiro atoms. The number of hydrogen-bond acceptors (Lipinski definition) is 4. The summed E-state index contributed by atoms with van der Waals surface area (Å²) >= 11 is 0. The minimum absolute atomic E-state index is 0.260. The molecule has 1 aliphatic rings. The monoisotopic (exact) mass is 270 g/mol. The van der Waals surface area contributed by atoms with Gasteiger partial charge in [0.1, 0.15) is 0 Å². The maximum Gasteiger partial charge on any atom is 0.488 e. The van der Waals surface area contributed by atoms with Crippen LogP contribution in [0.15, 0.2) is 0 Å². The molecule has 0 aromatic carbocycles. The minimum Gasteiger partial charge on any atom is -0.414 e. The van der Waals surface area contributed by atoms with E-state index in [4.69, 9.17) is 18.6 Å². The molecule has 0 N–H and O–H groups in total. The lowest BCUT2D eigenvalue weighted by Gasteiger charge is -2.32. The molecule has 0 amide bonds. The van der Waals surface area contributed by atoms with Crippen LogP contribution in [0.25, 0.3) is 0 Å². The molecule has 0 aliphatic carbocycles. The summed E-state index contributed by atoms with van der Waals surface area (Å²) in [4.78, 5) is 0. The summed E-state index contributed by atoms with van der Waals surface area (Å²) in [5.74, 6) is 0. The van der Waals surface area contributed by atoms with Gasteiger partial charge in [-0.25, -0.2) is 0 Å². The second-order valence-electron chi connectivity index (χ2n) is 6.68. The zero-order valence-electron chi connectivity index (χ0n) is 13.7. The van der Waals surface area contributed by atoms with E-state index in [1.54, 1.807) is 0 Å². The predicted octanol–water partition coefficient (Wildman–Crippen LogP) is 2.89. The molecule has 1 heterocycles. The van der Waals surface area contributed by atoms with Gasteiger partial charge in [-0.15, -0.1) is 0 Å². The molecule has 19 heavy (non-hydrogen) atoms. The molecule has 1 rings (SSSR count). The van der Waals surface area contributed by atoms with Crippen LogP contribution in [0.3, 0.4) is 0 Å². The highest BCUT2D eigenvalue weighted by molar-refractivity contribution is 7.11. The van der Waals surface area contributed by atoms with Crippen LogP contribution >= 0.6 is 0 Å². The van der Waals surface area contributed by atoms with Gasteiger partial charge in [0.15, 0.2) is 0 Å². The fraction of sp³-hybridized carbons (Fsp3) is 1.00. The summed E-state index contributed by atoms with van der Waals surface area (Å²) in [6.45, 7) is 16.8. The van der Waals surface area contributed by atoms with E-state index in [0.29, 0.717) is 6.61 Å². The third-order valence-electron chi connectivity index (χ3n) is 4.11. The lowest BCUT2D eigenvalue weighted by molar-refractivity contribution is 0.00578. The van der Waals surface area contributed by atoms with E-state index in [2.05, 4.69) is 6.92 Å². The largest absolute Gasteiger partial charge is 0.488 e. The average molecular weight is 270 g/mol. The van der Waals surface area contributed by atoms with Gasteiger partial charge >= 0.3 is 14.0 Å². The van der Waals surface area contributed by atoms with Crippen molar-refractivity contribution in [2.45, 2.75) is 78.6 Å². The maximum atomic E-state index is 6.03. The Labute approximate surface area is 118 Å². The maximum absolute atomic E-state index is 6.03. The van der Waals surface area contributed by atoms with Crippen molar-refractivity contribution in [1.82, 2.24) is 0 Å². The van der Waals surface area contributed by atoms with Gasteiger partial charge in [0.05, 0.1) is 11.2 Å². The highest BCUT2D eigenvalue weighted by atomic mass is 16.7. The minimum atomic E-state index is -0.499. The van der Waals surface area contributed by atoms with Crippen molar-refractivity contribution in [3.63, 3.8) is 0 Å². The Hall–Kier alpha value is -0.0301. The third-order valence-corrected chi connectivity index (χ3v) is 4.11. The Morgan fingerprint density at radius 1 is 1.05 bits per heavy atom. The number of hydrogen-bond donors (Lipinski definition) is 0. The van der Waals surface area contributed by atoms with E-state index < -0.39 is 14.0 Å². The van der Waals surface area contributed by atoms with Gasteiger partial charge in [-0.1, -0.05) is 6.92 Å². The van der Waals surface area contributed by atoms with Crippen LogP contribution in [-0.4, -0.2) is 37.4 Å². The summed E-state index contributed by atoms with van der Waals surface area (Å²) in [5, 5.41) is 0. The molecule has 1 fully saturated rings. The van der Waals surface area contributed by atoms with Crippen molar-refractivity contribution in [2.75, 3.05) is 6.61 Å². The third kappa shape index (κ3) is 3.97. The van der Waals surface area contributed by atoms with Gasteiger partial charge in [-0.3, -0.25) is 0 Å². The predicted molar refractivity (Wildman–Crippen MR) is 78.9 cm³/mol. The van der Waals surface area contributed by atoms with Crippen molar-refractivity contribution >= 4 is 14.0 Å². The summed E-state index contributed by atoms with van der Waals surface area (Å²) < 4.78 is 23.7. The first kappa shape index (κ1) is 17.0. The summed E-state index contributed by atoms with van der Waals surface area (Å²) in [7, 11) is -0.989. The Morgan fingerprint density at radius 2 is 1.53 bits per heavy atom. The highest BCUT2D eigenvalue weighted by Crippen LogP contribution is 2.38. The quantitative estimate of drug-likeness (QED) is 0.695. The lowest BCUT2D eigenvalue weighted by Crippen LogP contribution is -2.48. The van der Waals surface area contributed by atoms with Crippen LogP contribution in [-0.2, 0) is 18.6 Å². The van der Waals surface area contributed by atoms with Crippen LogP contribution < -0.4 is 0 Å². The molecule has 0 bridgehead atoms. The Morgan fingerprint density at radius 3 is 1.89 bits per heavy atom. The topological polar surface area (TPSA) is 36.9 Å². The first-order valence-electron chi connectivity index (χ1n) is 7.19. The molecular formula is C13H28B2O4. The van der Waals surface area contributed by atoms with Crippen molar-refractivity contribution in [1.29, 1.82) is 0 Å². The SMILES string of the molecule is CCOB(OC(C)(C)CC)B1OC(C)(C)C(C)(C)O1. The zero-order valence-corrected chi connectivity index (χ0v) is 13.7. The summed E-state index contributed by atoms with van der Waals surface area (Å²) in [6, 6.07) is 0. The molecule has 6 heteroatoms. The van der Waals surface area contributed by atoms with Crippen LogP contribution in [0.4, 0.5) is 0 Å². The van der Waals surface area contributed by atoms with E-state index in [-0.39, 0.29) is 16.8 Å². The first-order valence-corrected chi connectivity index (χ1v) is 7.19. The molecule has 0 aromatic heterocycles. The van der Waals surface area contributed by atoms with Gasteiger partial charge in [-0.2, -0.15) is 0 Å². The van der Waals surface area contributed by atoms with Gasteiger partial charge in [0.2, 0.25) is 0 Å². The summed E-state index contributed by atoms with van der Waals surface area (Å²) in [5.41, 5.74) is -0.997. The molecular weight excluding hydrogens is 242 g/mol. The van der Waals surface area contributed by atoms with Crippen molar-refractivity contribution in [3.8, 4) is 0 Å². The molecule has 1 saturated heterocycles. The normalized spacial score (nSPS) is 21.8. The van der Waals surface area contributed by atoms with E-state index in [0.717, 1.165) is 6.42 Å². The fourth-order valence-electron chi connectivity index (χ4n) is 1.73. The average Bonchev–Trinajstić information content (AvgIpc) is 2.47. The lowest BCUT2D eigenvalue weighted by atomic mass is 9.48. The molecule has 0 aromatic rings. The molecule has 0 atom stereocenters.